The molecule has 1 saturated heterocycles. The van der Waals surface area contributed by atoms with Gasteiger partial charge in [0.25, 0.3) is 0 Å². The van der Waals surface area contributed by atoms with Gasteiger partial charge < -0.3 is 14.5 Å². The highest BCUT2D eigenvalue weighted by Crippen LogP contribution is 2.31. The van der Waals surface area contributed by atoms with Crippen LogP contribution in [0.4, 0.5) is 5.69 Å². The number of para-hydroxylation sites is 1. The third-order valence-corrected chi connectivity index (χ3v) is 5.01. The summed E-state index contributed by atoms with van der Waals surface area (Å²) >= 11 is 0. The molecule has 0 atom stereocenters. The highest BCUT2D eigenvalue weighted by atomic mass is 16.5. The minimum Gasteiger partial charge on any atom is -0.496 e. The molecule has 5 heteroatoms. The Morgan fingerprint density at radius 3 is 2.42 bits per heavy atom. The van der Waals surface area contributed by atoms with Crippen molar-refractivity contribution in [1.82, 2.24) is 15.1 Å². The first kappa shape index (κ1) is 16.7. The molecule has 2 heterocycles. The van der Waals surface area contributed by atoms with E-state index >= 15 is 0 Å². The standard InChI is InChI=1S/C21H24N4O/c1-24-11-13-25(14-12-24)17-9-7-16(8-10-17)19-15-20(23-22-19)18-5-3-4-6-21(18)26-2/h3-10,15H,11-14H2,1-2H3,(H,22,23). The Labute approximate surface area is 154 Å². The number of piperazine rings is 1. The summed E-state index contributed by atoms with van der Waals surface area (Å²) in [6.07, 6.45) is 0. The van der Waals surface area contributed by atoms with E-state index in [4.69, 9.17) is 4.74 Å². The van der Waals surface area contributed by atoms with Crippen LogP contribution in [0.3, 0.4) is 0 Å². The van der Waals surface area contributed by atoms with Gasteiger partial charge in [0.1, 0.15) is 5.75 Å². The fourth-order valence-corrected chi connectivity index (χ4v) is 3.38. The molecule has 3 aromatic rings. The predicted octanol–water partition coefficient (Wildman–Crippen LogP) is 3.50. The third kappa shape index (κ3) is 3.30. The van der Waals surface area contributed by atoms with Gasteiger partial charge in [-0.15, -0.1) is 0 Å². The molecule has 1 fully saturated rings. The zero-order valence-electron chi connectivity index (χ0n) is 15.3. The average molecular weight is 348 g/mol. The van der Waals surface area contributed by atoms with Crippen LogP contribution in [0.2, 0.25) is 0 Å². The average Bonchev–Trinajstić information content (AvgIpc) is 3.19. The Bertz CT molecular complexity index is 864. The molecule has 0 spiro atoms. The van der Waals surface area contributed by atoms with Crippen molar-refractivity contribution >= 4 is 5.69 Å². The number of nitrogens with one attached hydrogen (secondary N) is 1. The minimum absolute atomic E-state index is 0.841. The highest BCUT2D eigenvalue weighted by Gasteiger charge is 2.15. The number of nitrogens with zero attached hydrogens (tertiary/aromatic N) is 3. The summed E-state index contributed by atoms with van der Waals surface area (Å²) in [6, 6.07) is 18.7. The van der Waals surface area contributed by atoms with E-state index in [1.165, 1.54) is 5.69 Å². The predicted molar refractivity (Wildman–Crippen MR) is 106 cm³/mol. The normalized spacial score (nSPS) is 15.2. The molecule has 0 amide bonds. The van der Waals surface area contributed by atoms with E-state index in [1.807, 2.05) is 24.3 Å². The van der Waals surface area contributed by atoms with Crippen LogP contribution in [0.1, 0.15) is 0 Å². The first-order valence-electron chi connectivity index (χ1n) is 8.97. The number of ether oxygens (including phenoxy) is 1. The first-order valence-corrected chi connectivity index (χ1v) is 8.97. The summed E-state index contributed by atoms with van der Waals surface area (Å²) in [5, 5.41) is 7.62. The zero-order chi connectivity index (χ0) is 17.9. The smallest absolute Gasteiger partial charge is 0.128 e. The Balaban J connectivity index is 1.54. The van der Waals surface area contributed by atoms with Gasteiger partial charge in [0.05, 0.1) is 18.5 Å². The molecule has 5 nitrogen and oxygen atoms in total. The lowest BCUT2D eigenvalue weighted by Crippen LogP contribution is -2.44. The van der Waals surface area contributed by atoms with Crippen LogP contribution >= 0.6 is 0 Å². The van der Waals surface area contributed by atoms with Gasteiger partial charge in [-0.1, -0.05) is 24.3 Å². The summed E-state index contributed by atoms with van der Waals surface area (Å²) < 4.78 is 5.45. The van der Waals surface area contributed by atoms with Crippen molar-refractivity contribution in [1.29, 1.82) is 0 Å². The molecule has 1 aliphatic heterocycles. The summed E-state index contributed by atoms with van der Waals surface area (Å²) in [4.78, 5) is 4.81. The Kier molecular flexibility index (Phi) is 4.63. The van der Waals surface area contributed by atoms with Gasteiger partial charge in [-0.3, -0.25) is 5.10 Å². The SMILES string of the molecule is COc1ccccc1-c1cc(-c2ccc(N3CCN(C)CC3)cc2)n[nH]1. The summed E-state index contributed by atoms with van der Waals surface area (Å²) in [5.74, 6) is 0.841. The van der Waals surface area contributed by atoms with Crippen molar-refractivity contribution in [3.63, 3.8) is 0 Å². The molecule has 4 rings (SSSR count). The third-order valence-electron chi connectivity index (χ3n) is 5.01. The van der Waals surface area contributed by atoms with Gasteiger partial charge in [0, 0.05) is 43.0 Å². The molecular weight excluding hydrogens is 324 g/mol. The second kappa shape index (κ2) is 7.22. The topological polar surface area (TPSA) is 44.4 Å². The maximum absolute atomic E-state index is 5.45. The zero-order valence-corrected chi connectivity index (χ0v) is 15.3. The largest absolute Gasteiger partial charge is 0.496 e. The monoisotopic (exact) mass is 348 g/mol. The molecular formula is C21H24N4O. The van der Waals surface area contributed by atoms with Crippen LogP contribution in [0.5, 0.6) is 5.75 Å². The number of hydrogen-bond acceptors (Lipinski definition) is 4. The number of aromatic amines is 1. The number of anilines is 1. The van der Waals surface area contributed by atoms with Crippen molar-refractivity contribution in [3.8, 4) is 28.3 Å². The van der Waals surface area contributed by atoms with E-state index < -0.39 is 0 Å². The van der Waals surface area contributed by atoms with Crippen molar-refractivity contribution in [2.24, 2.45) is 0 Å². The lowest BCUT2D eigenvalue weighted by molar-refractivity contribution is 0.313. The van der Waals surface area contributed by atoms with Gasteiger partial charge >= 0.3 is 0 Å². The second-order valence-corrected chi connectivity index (χ2v) is 6.70. The molecule has 2 aromatic carbocycles. The molecule has 0 aliphatic carbocycles. The first-order chi connectivity index (χ1) is 12.7. The molecule has 0 bridgehead atoms. The van der Waals surface area contributed by atoms with E-state index in [2.05, 4.69) is 57.4 Å². The number of benzene rings is 2. The highest BCUT2D eigenvalue weighted by molar-refractivity contribution is 5.73. The van der Waals surface area contributed by atoms with Gasteiger partial charge in [-0.2, -0.15) is 5.10 Å². The van der Waals surface area contributed by atoms with Crippen LogP contribution in [0.25, 0.3) is 22.5 Å². The molecule has 26 heavy (non-hydrogen) atoms. The molecule has 134 valence electrons. The number of likely N-dealkylation sites (N-methyl/N-ethyl adjacent to an activating group) is 1. The van der Waals surface area contributed by atoms with Gasteiger partial charge in [0.15, 0.2) is 0 Å². The van der Waals surface area contributed by atoms with Crippen LogP contribution < -0.4 is 9.64 Å². The molecule has 1 N–H and O–H groups in total. The maximum atomic E-state index is 5.45. The number of rotatable bonds is 4. The maximum Gasteiger partial charge on any atom is 0.128 e. The molecule has 0 saturated carbocycles. The lowest BCUT2D eigenvalue weighted by atomic mass is 10.1. The number of hydrogen-bond donors (Lipinski definition) is 1. The molecule has 1 aliphatic rings. The number of H-pyrrole nitrogens is 1. The molecule has 1 aromatic heterocycles. The Morgan fingerprint density at radius 2 is 1.69 bits per heavy atom. The van der Waals surface area contributed by atoms with E-state index in [0.29, 0.717) is 0 Å². The number of methoxy groups -OCH3 is 1. The van der Waals surface area contributed by atoms with Gasteiger partial charge in [-0.25, -0.2) is 0 Å². The van der Waals surface area contributed by atoms with Crippen LogP contribution in [-0.2, 0) is 0 Å². The quantitative estimate of drug-likeness (QED) is 0.784. The Hall–Kier alpha value is -2.79. The van der Waals surface area contributed by atoms with Gasteiger partial charge in [-0.05, 0) is 37.4 Å². The molecule has 0 unspecified atom stereocenters. The van der Waals surface area contributed by atoms with Crippen molar-refractivity contribution in [2.75, 3.05) is 45.2 Å². The summed E-state index contributed by atoms with van der Waals surface area (Å²) in [7, 11) is 3.87. The van der Waals surface area contributed by atoms with Crippen LogP contribution in [0, 0.1) is 0 Å². The fraction of sp³-hybridized carbons (Fsp3) is 0.286. The van der Waals surface area contributed by atoms with Crippen molar-refractivity contribution in [3.05, 3.63) is 54.6 Å². The second-order valence-electron chi connectivity index (χ2n) is 6.70. The van der Waals surface area contributed by atoms with Crippen molar-refractivity contribution < 1.29 is 4.74 Å². The van der Waals surface area contributed by atoms with Crippen LogP contribution in [-0.4, -0.2) is 55.4 Å². The van der Waals surface area contributed by atoms with E-state index in [-0.39, 0.29) is 0 Å². The summed E-state index contributed by atoms with van der Waals surface area (Å²) in [5.41, 5.74) is 5.31. The lowest BCUT2D eigenvalue weighted by Gasteiger charge is -2.34. The number of aromatic nitrogens is 2. The minimum atomic E-state index is 0.841. The van der Waals surface area contributed by atoms with Gasteiger partial charge in [0.2, 0.25) is 0 Å². The van der Waals surface area contributed by atoms with E-state index in [1.54, 1.807) is 7.11 Å². The van der Waals surface area contributed by atoms with Crippen molar-refractivity contribution in [2.45, 2.75) is 0 Å². The fourth-order valence-electron chi connectivity index (χ4n) is 3.38. The Morgan fingerprint density at radius 1 is 0.962 bits per heavy atom. The van der Waals surface area contributed by atoms with E-state index in [0.717, 1.165) is 54.4 Å². The van der Waals surface area contributed by atoms with E-state index in [9.17, 15) is 0 Å². The van der Waals surface area contributed by atoms with Crippen LogP contribution in [0.15, 0.2) is 54.6 Å². The molecule has 0 radical (unpaired) electrons. The summed E-state index contributed by atoms with van der Waals surface area (Å²) in [6.45, 7) is 4.39.